The van der Waals surface area contributed by atoms with Crippen molar-refractivity contribution in [3.05, 3.63) is 120 Å². The van der Waals surface area contributed by atoms with Gasteiger partial charge in [0.25, 0.3) is 5.91 Å². The number of rotatable bonds is 8. The van der Waals surface area contributed by atoms with Crippen molar-refractivity contribution in [3.63, 3.8) is 0 Å². The van der Waals surface area contributed by atoms with Crippen LogP contribution in [0, 0.1) is 5.82 Å². The fourth-order valence-electron chi connectivity index (χ4n) is 4.74. The Kier molecular flexibility index (Phi) is 6.92. The number of nitrogens with one attached hydrogen (secondary N) is 1. The number of methoxy groups -OCH3 is 1. The smallest absolute Gasteiger partial charge is 0.261 e. The maximum absolute atomic E-state index is 13.4. The quantitative estimate of drug-likeness (QED) is 0.215. The largest absolute Gasteiger partial charge is 0.497 e. The molecule has 0 aliphatic heterocycles. The first-order chi connectivity index (χ1) is 19.5. The van der Waals surface area contributed by atoms with Gasteiger partial charge >= 0.3 is 0 Å². The monoisotopic (exact) mass is 551 g/mol. The maximum atomic E-state index is 13.4. The lowest BCUT2D eigenvalue weighted by molar-refractivity contribution is 0.0886. The molecule has 0 saturated carbocycles. The molecule has 2 heterocycles. The van der Waals surface area contributed by atoms with Gasteiger partial charge in [0.15, 0.2) is 0 Å². The third-order valence-corrected chi connectivity index (χ3v) is 7.87. The van der Waals surface area contributed by atoms with Crippen LogP contribution in [-0.4, -0.2) is 28.8 Å². The number of benzene rings is 4. The van der Waals surface area contributed by atoms with Gasteiger partial charge in [-0.3, -0.25) is 4.79 Å². The van der Waals surface area contributed by atoms with E-state index >= 15 is 0 Å². The van der Waals surface area contributed by atoms with E-state index in [4.69, 9.17) is 9.47 Å². The standard InChI is InChI=1S/C32H26FN3O3S/c1-20(35-32(37)30-18-21-6-3-4-9-29(21)40-30)31(22-7-5-8-26(16-22)38-2)39-27-14-15-28-23(17-27)19-34-36(28)25-12-10-24(33)11-13-25/h3-20,31H,1-2H3,(H,35,37)/t20-,31-/m0/s1. The normalized spacial score (nSPS) is 12.8. The second-order valence-electron chi connectivity index (χ2n) is 9.48. The van der Waals surface area contributed by atoms with E-state index < -0.39 is 6.10 Å². The van der Waals surface area contributed by atoms with Gasteiger partial charge in [0.2, 0.25) is 0 Å². The highest BCUT2D eigenvalue weighted by Gasteiger charge is 2.25. The van der Waals surface area contributed by atoms with Crippen molar-refractivity contribution in [2.75, 3.05) is 7.11 Å². The van der Waals surface area contributed by atoms with Crippen LogP contribution in [0.25, 0.3) is 26.7 Å². The number of carbonyl (C=O) groups excluding carboxylic acids is 1. The minimum absolute atomic E-state index is 0.152. The molecular formula is C32H26FN3O3S. The summed E-state index contributed by atoms with van der Waals surface area (Å²) in [6.07, 6.45) is 1.25. The molecule has 1 amide bonds. The van der Waals surface area contributed by atoms with E-state index in [2.05, 4.69) is 10.4 Å². The number of halogens is 1. The maximum Gasteiger partial charge on any atom is 0.261 e. The van der Waals surface area contributed by atoms with Gasteiger partial charge in [-0.15, -0.1) is 11.3 Å². The van der Waals surface area contributed by atoms with Crippen molar-refractivity contribution < 1.29 is 18.7 Å². The van der Waals surface area contributed by atoms with Gasteiger partial charge in [-0.1, -0.05) is 30.3 Å². The van der Waals surface area contributed by atoms with Crippen LogP contribution in [0.2, 0.25) is 0 Å². The first kappa shape index (κ1) is 25.6. The first-order valence-electron chi connectivity index (χ1n) is 12.8. The summed E-state index contributed by atoms with van der Waals surface area (Å²) in [5, 5.41) is 9.54. The van der Waals surface area contributed by atoms with Crippen LogP contribution in [0.4, 0.5) is 4.39 Å². The number of fused-ring (bicyclic) bond motifs is 2. The lowest BCUT2D eigenvalue weighted by Gasteiger charge is -2.27. The van der Waals surface area contributed by atoms with E-state index in [1.807, 2.05) is 79.7 Å². The van der Waals surface area contributed by atoms with Gasteiger partial charge in [0, 0.05) is 10.1 Å². The van der Waals surface area contributed by atoms with Crippen LogP contribution in [0.3, 0.4) is 0 Å². The van der Waals surface area contributed by atoms with E-state index in [-0.39, 0.29) is 17.8 Å². The molecule has 4 aromatic carbocycles. The number of thiophene rings is 1. The van der Waals surface area contributed by atoms with Crippen molar-refractivity contribution in [1.29, 1.82) is 0 Å². The molecule has 6 rings (SSSR count). The van der Waals surface area contributed by atoms with Crippen LogP contribution >= 0.6 is 11.3 Å². The lowest BCUT2D eigenvalue weighted by atomic mass is 10.0. The molecule has 200 valence electrons. The first-order valence-corrected chi connectivity index (χ1v) is 13.6. The molecule has 1 N–H and O–H groups in total. The summed E-state index contributed by atoms with van der Waals surface area (Å²) in [4.78, 5) is 13.9. The predicted molar refractivity (Wildman–Crippen MR) is 156 cm³/mol. The average Bonchev–Trinajstić information content (AvgIpc) is 3.61. The number of amides is 1. The zero-order valence-corrected chi connectivity index (χ0v) is 22.7. The Hall–Kier alpha value is -4.69. The van der Waals surface area contributed by atoms with E-state index in [1.54, 1.807) is 30.1 Å². The van der Waals surface area contributed by atoms with Gasteiger partial charge in [-0.25, -0.2) is 9.07 Å². The fourth-order valence-corrected chi connectivity index (χ4v) is 5.71. The van der Waals surface area contributed by atoms with E-state index in [0.29, 0.717) is 16.4 Å². The molecule has 0 bridgehead atoms. The molecule has 2 aromatic heterocycles. The predicted octanol–water partition coefficient (Wildman–Crippen LogP) is 7.33. The highest BCUT2D eigenvalue weighted by molar-refractivity contribution is 7.20. The Morgan fingerprint density at radius 2 is 1.75 bits per heavy atom. The second kappa shape index (κ2) is 10.8. The number of aromatic nitrogens is 2. The zero-order chi connectivity index (χ0) is 27.6. The van der Waals surface area contributed by atoms with E-state index in [1.165, 1.54) is 23.5 Å². The van der Waals surface area contributed by atoms with Crippen LogP contribution in [-0.2, 0) is 0 Å². The van der Waals surface area contributed by atoms with Crippen molar-refractivity contribution in [2.24, 2.45) is 0 Å². The molecule has 0 spiro atoms. The molecule has 0 radical (unpaired) electrons. The van der Waals surface area contributed by atoms with Crippen LogP contribution in [0.15, 0.2) is 103 Å². The number of hydrogen-bond donors (Lipinski definition) is 1. The minimum atomic E-state index is -0.502. The van der Waals surface area contributed by atoms with Gasteiger partial charge in [0.05, 0.1) is 35.4 Å². The van der Waals surface area contributed by atoms with E-state index in [9.17, 15) is 9.18 Å². The Morgan fingerprint density at radius 3 is 2.55 bits per heavy atom. The summed E-state index contributed by atoms with van der Waals surface area (Å²) in [6.45, 7) is 1.93. The highest BCUT2D eigenvalue weighted by atomic mass is 32.1. The summed E-state index contributed by atoms with van der Waals surface area (Å²) in [7, 11) is 1.62. The molecule has 8 heteroatoms. The second-order valence-corrected chi connectivity index (χ2v) is 10.6. The summed E-state index contributed by atoms with van der Waals surface area (Å²) >= 11 is 1.46. The number of nitrogens with zero attached hydrogens (tertiary/aromatic N) is 2. The fraction of sp³-hybridized carbons (Fsp3) is 0.125. The van der Waals surface area contributed by atoms with Crippen molar-refractivity contribution in [1.82, 2.24) is 15.1 Å². The number of ether oxygens (including phenoxy) is 2. The summed E-state index contributed by atoms with van der Waals surface area (Å²) in [5.74, 6) is 0.876. The molecule has 6 nitrogen and oxygen atoms in total. The average molecular weight is 552 g/mol. The molecule has 0 aliphatic carbocycles. The zero-order valence-electron chi connectivity index (χ0n) is 21.9. The molecule has 0 unspecified atom stereocenters. The molecular weight excluding hydrogens is 525 g/mol. The van der Waals surface area contributed by atoms with Crippen LogP contribution < -0.4 is 14.8 Å². The van der Waals surface area contributed by atoms with Gasteiger partial charge < -0.3 is 14.8 Å². The Morgan fingerprint density at radius 1 is 0.925 bits per heavy atom. The number of carbonyl (C=O) groups is 1. The van der Waals surface area contributed by atoms with Crippen molar-refractivity contribution >= 4 is 38.2 Å². The van der Waals surface area contributed by atoms with Gasteiger partial charge in [-0.2, -0.15) is 5.10 Å². The Labute approximate surface area is 234 Å². The Bertz CT molecular complexity index is 1780. The van der Waals surface area contributed by atoms with E-state index in [0.717, 1.165) is 32.2 Å². The molecule has 0 saturated heterocycles. The summed E-state index contributed by atoms with van der Waals surface area (Å²) in [6, 6.07) is 29.0. The number of hydrogen-bond acceptors (Lipinski definition) is 5. The molecule has 0 aliphatic rings. The van der Waals surface area contributed by atoms with Gasteiger partial charge in [0.1, 0.15) is 23.4 Å². The van der Waals surface area contributed by atoms with Crippen molar-refractivity contribution in [3.8, 4) is 17.2 Å². The van der Waals surface area contributed by atoms with Crippen LogP contribution in [0.5, 0.6) is 11.5 Å². The summed E-state index contributed by atoms with van der Waals surface area (Å²) < 4.78 is 28.2. The molecule has 0 fully saturated rings. The highest BCUT2D eigenvalue weighted by Crippen LogP contribution is 2.31. The molecule has 40 heavy (non-hydrogen) atoms. The summed E-state index contributed by atoms with van der Waals surface area (Å²) in [5.41, 5.74) is 2.49. The topological polar surface area (TPSA) is 65.4 Å². The molecule has 2 atom stereocenters. The third kappa shape index (κ3) is 5.13. The third-order valence-electron chi connectivity index (χ3n) is 6.76. The van der Waals surface area contributed by atoms with Gasteiger partial charge in [-0.05, 0) is 84.6 Å². The van der Waals surface area contributed by atoms with Crippen LogP contribution in [0.1, 0.15) is 28.3 Å². The lowest BCUT2D eigenvalue weighted by Crippen LogP contribution is -2.39. The minimum Gasteiger partial charge on any atom is -0.497 e. The SMILES string of the molecule is COc1cccc([C@@H](Oc2ccc3c(cnn3-c3ccc(F)cc3)c2)[C@H](C)NC(=O)c2cc3ccccc3s2)c1. The van der Waals surface area contributed by atoms with Crippen molar-refractivity contribution in [2.45, 2.75) is 19.1 Å². The molecule has 6 aromatic rings. The Balaban J connectivity index is 1.29.